The number of hydrogen-bond donors (Lipinski definition) is 1. The van der Waals surface area contributed by atoms with Gasteiger partial charge < -0.3 is 15.2 Å². The number of ether oxygens (including phenoxy) is 2. The summed E-state index contributed by atoms with van der Waals surface area (Å²) in [5, 5.41) is 6.90. The Morgan fingerprint density at radius 1 is 1.12 bits per heavy atom. The zero-order chi connectivity index (χ0) is 18.3. The molecule has 1 aliphatic carbocycles. The van der Waals surface area contributed by atoms with Crippen LogP contribution in [0, 0.1) is 5.92 Å². The SMILES string of the molecule is COc1ccc([C@@H]2[C@H]3CCc4cc(OC)ccc4C3=NN2C(N)=S)cc1. The Morgan fingerprint density at radius 3 is 2.46 bits per heavy atom. The van der Waals surface area contributed by atoms with Crippen molar-refractivity contribution in [1.29, 1.82) is 0 Å². The van der Waals surface area contributed by atoms with Crippen molar-refractivity contribution >= 4 is 23.0 Å². The fourth-order valence-corrected chi connectivity index (χ4v) is 4.10. The highest BCUT2D eigenvalue weighted by Gasteiger charge is 2.42. The number of rotatable bonds is 3. The minimum atomic E-state index is 0.0173. The van der Waals surface area contributed by atoms with Crippen LogP contribution in [0.4, 0.5) is 0 Å². The lowest BCUT2D eigenvalue weighted by atomic mass is 9.77. The van der Waals surface area contributed by atoms with Gasteiger partial charge in [0.05, 0.1) is 26.0 Å². The van der Waals surface area contributed by atoms with Crippen molar-refractivity contribution in [3.05, 3.63) is 59.2 Å². The molecule has 134 valence electrons. The van der Waals surface area contributed by atoms with Crippen molar-refractivity contribution in [1.82, 2.24) is 5.01 Å². The summed E-state index contributed by atoms with van der Waals surface area (Å²) in [6.45, 7) is 0. The molecule has 0 fully saturated rings. The molecule has 0 radical (unpaired) electrons. The van der Waals surface area contributed by atoms with Crippen LogP contribution in [0.1, 0.15) is 29.2 Å². The van der Waals surface area contributed by atoms with Gasteiger partial charge in [-0.2, -0.15) is 5.10 Å². The third-order valence-electron chi connectivity index (χ3n) is 5.21. The first kappa shape index (κ1) is 16.8. The number of benzene rings is 2. The summed E-state index contributed by atoms with van der Waals surface area (Å²) < 4.78 is 10.6. The molecular formula is C20H21N3O2S. The van der Waals surface area contributed by atoms with Gasteiger partial charge in [0.15, 0.2) is 5.11 Å². The van der Waals surface area contributed by atoms with E-state index in [2.05, 4.69) is 24.3 Å². The highest BCUT2D eigenvalue weighted by atomic mass is 32.1. The third-order valence-corrected chi connectivity index (χ3v) is 5.39. The van der Waals surface area contributed by atoms with E-state index in [1.807, 2.05) is 18.2 Å². The second-order valence-electron chi connectivity index (χ2n) is 6.55. The molecule has 0 saturated heterocycles. The Kier molecular flexibility index (Phi) is 4.28. The molecule has 0 unspecified atom stereocenters. The molecule has 0 saturated carbocycles. The van der Waals surface area contributed by atoms with E-state index in [9.17, 15) is 0 Å². The number of hydrazone groups is 1. The summed E-state index contributed by atoms with van der Waals surface area (Å²) in [5.41, 5.74) is 10.6. The number of nitrogens with zero attached hydrogens (tertiary/aromatic N) is 2. The van der Waals surface area contributed by atoms with E-state index in [4.69, 9.17) is 32.5 Å². The van der Waals surface area contributed by atoms with Gasteiger partial charge in [0, 0.05) is 11.5 Å². The van der Waals surface area contributed by atoms with Crippen molar-refractivity contribution < 1.29 is 9.47 Å². The number of aryl methyl sites for hydroxylation is 1. The molecule has 2 N–H and O–H groups in total. The lowest BCUT2D eigenvalue weighted by Crippen LogP contribution is -2.35. The molecule has 0 amide bonds. The van der Waals surface area contributed by atoms with Gasteiger partial charge in [-0.3, -0.25) is 0 Å². The van der Waals surface area contributed by atoms with Gasteiger partial charge in [-0.1, -0.05) is 12.1 Å². The maximum Gasteiger partial charge on any atom is 0.187 e. The molecule has 6 heteroatoms. The highest BCUT2D eigenvalue weighted by molar-refractivity contribution is 7.80. The van der Waals surface area contributed by atoms with E-state index >= 15 is 0 Å². The molecule has 2 atom stereocenters. The van der Waals surface area contributed by atoms with Gasteiger partial charge in [0.25, 0.3) is 0 Å². The van der Waals surface area contributed by atoms with Crippen LogP contribution < -0.4 is 15.2 Å². The first-order chi connectivity index (χ1) is 12.6. The van der Waals surface area contributed by atoms with Gasteiger partial charge in [-0.05, 0) is 66.5 Å². The van der Waals surface area contributed by atoms with Gasteiger partial charge in [0.1, 0.15) is 11.5 Å². The first-order valence-corrected chi connectivity index (χ1v) is 9.01. The predicted octanol–water partition coefficient (Wildman–Crippen LogP) is 3.27. The minimum Gasteiger partial charge on any atom is -0.497 e. The van der Waals surface area contributed by atoms with Crippen LogP contribution in [0.15, 0.2) is 47.6 Å². The molecule has 0 aromatic heterocycles. The van der Waals surface area contributed by atoms with E-state index in [1.165, 1.54) is 11.1 Å². The molecule has 5 nitrogen and oxygen atoms in total. The number of fused-ring (bicyclic) bond motifs is 3. The first-order valence-electron chi connectivity index (χ1n) is 8.60. The summed E-state index contributed by atoms with van der Waals surface area (Å²) in [5.74, 6) is 1.96. The fourth-order valence-electron chi connectivity index (χ4n) is 3.95. The molecule has 2 aromatic rings. The molecular weight excluding hydrogens is 346 g/mol. The molecule has 1 heterocycles. The summed E-state index contributed by atoms with van der Waals surface area (Å²) in [4.78, 5) is 0. The smallest absolute Gasteiger partial charge is 0.187 e. The Bertz CT molecular complexity index is 879. The molecule has 2 aliphatic rings. The average Bonchev–Trinajstić information content (AvgIpc) is 3.07. The van der Waals surface area contributed by atoms with Gasteiger partial charge in [0.2, 0.25) is 0 Å². The molecule has 1 aliphatic heterocycles. The molecule has 2 aromatic carbocycles. The van der Waals surface area contributed by atoms with E-state index in [1.54, 1.807) is 19.2 Å². The lowest BCUT2D eigenvalue weighted by molar-refractivity contribution is 0.308. The van der Waals surface area contributed by atoms with E-state index in [-0.39, 0.29) is 12.0 Å². The molecule has 4 rings (SSSR count). The monoisotopic (exact) mass is 367 g/mol. The summed E-state index contributed by atoms with van der Waals surface area (Å²) in [6, 6.07) is 14.2. The van der Waals surface area contributed by atoms with Crippen molar-refractivity contribution in [2.24, 2.45) is 16.8 Å². The zero-order valence-electron chi connectivity index (χ0n) is 14.8. The summed E-state index contributed by atoms with van der Waals surface area (Å²) in [6.07, 6.45) is 1.98. The second-order valence-corrected chi connectivity index (χ2v) is 6.97. The lowest BCUT2D eigenvalue weighted by Gasteiger charge is -2.30. The van der Waals surface area contributed by atoms with Crippen LogP contribution in [0.3, 0.4) is 0 Å². The van der Waals surface area contributed by atoms with Gasteiger partial charge in [-0.15, -0.1) is 0 Å². The standard InChI is InChI=1S/C20H21N3O2S/c1-24-14-6-3-12(4-7-14)19-17-9-5-13-11-15(25-2)8-10-16(13)18(17)22-23(19)20(21)26/h3-4,6-8,10-11,17,19H,5,9H2,1-2H3,(H2,21,26)/t17-,19+/m0/s1. The largest absolute Gasteiger partial charge is 0.497 e. The van der Waals surface area contributed by atoms with Crippen LogP contribution in [-0.4, -0.2) is 30.1 Å². The van der Waals surface area contributed by atoms with Crippen LogP contribution in [0.5, 0.6) is 11.5 Å². The quantitative estimate of drug-likeness (QED) is 0.844. The van der Waals surface area contributed by atoms with Crippen LogP contribution in [-0.2, 0) is 6.42 Å². The van der Waals surface area contributed by atoms with Crippen LogP contribution in [0.2, 0.25) is 0 Å². The Hall–Kier alpha value is -2.60. The average molecular weight is 367 g/mol. The number of methoxy groups -OCH3 is 2. The normalized spacial score (nSPS) is 20.8. The summed E-state index contributed by atoms with van der Waals surface area (Å²) in [7, 11) is 3.36. The van der Waals surface area contributed by atoms with Crippen molar-refractivity contribution in [3.8, 4) is 11.5 Å². The molecule has 26 heavy (non-hydrogen) atoms. The van der Waals surface area contributed by atoms with Gasteiger partial charge >= 0.3 is 0 Å². The molecule has 0 bridgehead atoms. The Morgan fingerprint density at radius 2 is 1.81 bits per heavy atom. The van der Waals surface area contributed by atoms with Crippen molar-refractivity contribution in [2.45, 2.75) is 18.9 Å². The fraction of sp³-hybridized carbons (Fsp3) is 0.300. The van der Waals surface area contributed by atoms with Crippen LogP contribution in [0.25, 0.3) is 0 Å². The second kappa shape index (κ2) is 6.61. The van der Waals surface area contributed by atoms with Crippen molar-refractivity contribution in [3.63, 3.8) is 0 Å². The summed E-state index contributed by atoms with van der Waals surface area (Å²) >= 11 is 5.29. The number of hydrogen-bond acceptors (Lipinski definition) is 4. The topological polar surface area (TPSA) is 60.1 Å². The van der Waals surface area contributed by atoms with E-state index in [0.29, 0.717) is 5.11 Å². The van der Waals surface area contributed by atoms with Gasteiger partial charge in [-0.25, -0.2) is 5.01 Å². The minimum absolute atomic E-state index is 0.0173. The Balaban J connectivity index is 1.75. The van der Waals surface area contributed by atoms with Crippen LogP contribution >= 0.6 is 12.2 Å². The third kappa shape index (κ3) is 2.70. The van der Waals surface area contributed by atoms with E-state index < -0.39 is 0 Å². The zero-order valence-corrected chi connectivity index (χ0v) is 15.6. The Labute approximate surface area is 158 Å². The number of nitrogens with two attached hydrogens (primary N) is 1. The molecule has 0 spiro atoms. The highest BCUT2D eigenvalue weighted by Crippen LogP contribution is 2.44. The maximum absolute atomic E-state index is 6.01. The number of thiocarbonyl (C=S) groups is 1. The van der Waals surface area contributed by atoms with Crippen molar-refractivity contribution in [2.75, 3.05) is 14.2 Å². The predicted molar refractivity (Wildman–Crippen MR) is 106 cm³/mol. The van der Waals surface area contributed by atoms with E-state index in [0.717, 1.165) is 35.6 Å². The maximum atomic E-state index is 6.01.